The van der Waals surface area contributed by atoms with Crippen LogP contribution in [0.25, 0.3) is 64.0 Å². The fraction of sp³-hybridized carbons (Fsp3) is 0. The lowest BCUT2D eigenvalue weighted by molar-refractivity contribution is 1.28. The van der Waals surface area contributed by atoms with Crippen molar-refractivity contribution in [3.05, 3.63) is 231 Å². The van der Waals surface area contributed by atoms with Gasteiger partial charge in [-0.05, 0) is 118 Å². The van der Waals surface area contributed by atoms with Gasteiger partial charge in [0.1, 0.15) is 0 Å². The summed E-state index contributed by atoms with van der Waals surface area (Å²) in [6.07, 6.45) is 0. The molecule has 11 rings (SSSR count). The Morgan fingerprint density at radius 1 is 0.237 bits per heavy atom. The number of fused-ring (bicyclic) bond motifs is 7. The molecule has 0 aliphatic heterocycles. The molecule has 2 nitrogen and oxygen atoms in total. The van der Waals surface area contributed by atoms with Crippen LogP contribution in [0, 0.1) is 0 Å². The molecule has 1 heterocycles. The number of thiophene rings is 1. The van der Waals surface area contributed by atoms with Crippen molar-refractivity contribution in [3.63, 3.8) is 0 Å². The molecule has 0 aliphatic rings. The van der Waals surface area contributed by atoms with E-state index in [9.17, 15) is 0 Å². The van der Waals surface area contributed by atoms with Crippen LogP contribution in [0.2, 0.25) is 0 Å². The summed E-state index contributed by atoms with van der Waals surface area (Å²) >= 11 is 1.92. The first-order valence-electron chi connectivity index (χ1n) is 20.1. The average molecular weight is 771 g/mol. The number of hydrogen-bond acceptors (Lipinski definition) is 3. The first-order valence-corrected chi connectivity index (χ1v) is 20.9. The second-order valence-electron chi connectivity index (χ2n) is 14.9. The Hall–Kier alpha value is -7.46. The summed E-state index contributed by atoms with van der Waals surface area (Å²) in [5, 5.41) is 7.70. The summed E-state index contributed by atoms with van der Waals surface area (Å²) in [4.78, 5) is 4.63. The van der Waals surface area contributed by atoms with Crippen LogP contribution >= 0.6 is 11.3 Å². The van der Waals surface area contributed by atoms with Gasteiger partial charge in [0.2, 0.25) is 0 Å². The Morgan fingerprint density at radius 3 is 0.831 bits per heavy atom. The van der Waals surface area contributed by atoms with Gasteiger partial charge >= 0.3 is 0 Å². The molecule has 0 radical (unpaired) electrons. The van der Waals surface area contributed by atoms with Gasteiger partial charge in [0.15, 0.2) is 0 Å². The number of nitrogens with zero attached hydrogens (tertiary/aromatic N) is 2. The van der Waals surface area contributed by atoms with Gasteiger partial charge in [-0.25, -0.2) is 0 Å². The maximum Gasteiger partial charge on any atom is 0.0462 e. The quantitative estimate of drug-likeness (QED) is 0.152. The van der Waals surface area contributed by atoms with E-state index in [1.54, 1.807) is 0 Å². The second-order valence-corrected chi connectivity index (χ2v) is 15.9. The lowest BCUT2D eigenvalue weighted by Gasteiger charge is -2.25. The zero-order chi connectivity index (χ0) is 39.1. The van der Waals surface area contributed by atoms with Gasteiger partial charge in [-0.15, -0.1) is 11.3 Å². The van der Waals surface area contributed by atoms with E-state index in [4.69, 9.17) is 0 Å². The van der Waals surface area contributed by atoms with E-state index >= 15 is 0 Å². The highest BCUT2D eigenvalue weighted by Gasteiger charge is 2.19. The topological polar surface area (TPSA) is 6.48 Å². The minimum atomic E-state index is 1.12. The van der Waals surface area contributed by atoms with Crippen molar-refractivity contribution in [2.75, 3.05) is 9.80 Å². The first kappa shape index (κ1) is 34.8. The third-order valence-electron chi connectivity index (χ3n) is 11.4. The predicted octanol–water partition coefficient (Wildman–Crippen LogP) is 16.6. The molecule has 0 aliphatic carbocycles. The van der Waals surface area contributed by atoms with Crippen molar-refractivity contribution >= 4 is 87.2 Å². The number of anilines is 6. The zero-order valence-electron chi connectivity index (χ0n) is 32.2. The van der Waals surface area contributed by atoms with Gasteiger partial charge < -0.3 is 9.80 Å². The first-order chi connectivity index (χ1) is 29.3. The van der Waals surface area contributed by atoms with Gasteiger partial charge in [0.05, 0.1) is 0 Å². The highest BCUT2D eigenvalue weighted by molar-refractivity contribution is 7.27. The van der Waals surface area contributed by atoms with Gasteiger partial charge in [-0.2, -0.15) is 0 Å². The van der Waals surface area contributed by atoms with Crippen LogP contribution in [-0.4, -0.2) is 0 Å². The standard InChI is InChI=1S/C56H38N2S/c1-5-17-41(18-6-1)57(42-19-7-2-8-20-42)45-33-29-39(30-34-45)51-37-53-54-38-52(48-26-14-16-28-50(48)56(54)59-55(53)49-27-15-13-25-47(49)51)40-31-35-46(36-32-40)58(43-21-9-3-10-22-43)44-23-11-4-12-24-44/h1-38H. The van der Waals surface area contributed by atoms with Crippen LogP contribution in [0.3, 0.4) is 0 Å². The molecule has 0 unspecified atom stereocenters. The number of rotatable bonds is 8. The monoisotopic (exact) mass is 770 g/mol. The molecule has 0 saturated carbocycles. The summed E-state index contributed by atoms with van der Waals surface area (Å²) in [6, 6.07) is 83.3. The molecule has 11 aromatic rings. The van der Waals surface area contributed by atoms with Crippen LogP contribution in [0.4, 0.5) is 34.1 Å². The van der Waals surface area contributed by atoms with Crippen molar-refractivity contribution in [1.29, 1.82) is 0 Å². The molecular formula is C56H38N2S. The lowest BCUT2D eigenvalue weighted by Crippen LogP contribution is -2.09. The molecular weight excluding hydrogens is 733 g/mol. The lowest BCUT2D eigenvalue weighted by atomic mass is 9.92. The molecule has 3 heteroatoms. The summed E-state index contributed by atoms with van der Waals surface area (Å²) in [5.41, 5.74) is 11.6. The average Bonchev–Trinajstić information content (AvgIpc) is 3.70. The van der Waals surface area contributed by atoms with E-state index in [1.165, 1.54) is 64.0 Å². The molecule has 1 aromatic heterocycles. The Morgan fingerprint density at radius 2 is 0.508 bits per heavy atom. The van der Waals surface area contributed by atoms with Gasteiger partial charge in [-0.3, -0.25) is 0 Å². The maximum absolute atomic E-state index is 2.44. The molecule has 0 saturated heterocycles. The smallest absolute Gasteiger partial charge is 0.0462 e. The zero-order valence-corrected chi connectivity index (χ0v) is 33.1. The van der Waals surface area contributed by atoms with Gasteiger partial charge in [0, 0.05) is 65.1 Å². The van der Waals surface area contributed by atoms with Crippen LogP contribution in [0.15, 0.2) is 231 Å². The number of para-hydroxylation sites is 4. The van der Waals surface area contributed by atoms with E-state index in [-0.39, 0.29) is 0 Å². The molecule has 0 spiro atoms. The Kier molecular flexibility index (Phi) is 8.72. The largest absolute Gasteiger partial charge is 0.311 e. The number of benzene rings is 10. The van der Waals surface area contributed by atoms with Crippen LogP contribution in [0.1, 0.15) is 0 Å². The molecule has 0 fully saturated rings. The molecule has 278 valence electrons. The van der Waals surface area contributed by atoms with Crippen molar-refractivity contribution in [2.24, 2.45) is 0 Å². The predicted molar refractivity (Wildman–Crippen MR) is 255 cm³/mol. The normalized spacial score (nSPS) is 11.4. The molecule has 59 heavy (non-hydrogen) atoms. The van der Waals surface area contributed by atoms with E-state index < -0.39 is 0 Å². The van der Waals surface area contributed by atoms with Gasteiger partial charge in [-0.1, -0.05) is 146 Å². The third-order valence-corrected chi connectivity index (χ3v) is 12.7. The minimum Gasteiger partial charge on any atom is -0.311 e. The van der Waals surface area contributed by atoms with E-state index in [2.05, 4.69) is 240 Å². The van der Waals surface area contributed by atoms with Crippen molar-refractivity contribution < 1.29 is 0 Å². The molecule has 0 atom stereocenters. The third kappa shape index (κ3) is 6.20. The number of hydrogen-bond donors (Lipinski definition) is 0. The van der Waals surface area contributed by atoms with E-state index in [1.807, 2.05) is 11.3 Å². The van der Waals surface area contributed by atoms with Crippen molar-refractivity contribution in [1.82, 2.24) is 0 Å². The second kappa shape index (κ2) is 14.8. The van der Waals surface area contributed by atoms with Crippen molar-refractivity contribution in [3.8, 4) is 22.3 Å². The fourth-order valence-electron chi connectivity index (χ4n) is 8.68. The molecule has 0 N–H and O–H groups in total. The summed E-state index contributed by atoms with van der Waals surface area (Å²) in [7, 11) is 0. The SMILES string of the molecule is c1ccc(N(c2ccccc2)c2ccc(-c3cc4c5cc(-c6ccc(N(c7ccccc7)c7ccccc7)cc6)c6ccccc6c5sc4c4ccccc34)cc2)cc1. The van der Waals surface area contributed by atoms with E-state index in [0.29, 0.717) is 0 Å². The minimum absolute atomic E-state index is 1.12. The summed E-state index contributed by atoms with van der Waals surface area (Å²) < 4.78 is 2.66. The van der Waals surface area contributed by atoms with Crippen LogP contribution < -0.4 is 9.80 Å². The van der Waals surface area contributed by atoms with Crippen molar-refractivity contribution in [2.45, 2.75) is 0 Å². The Balaban J connectivity index is 1.05. The molecule has 0 bridgehead atoms. The molecule has 10 aromatic carbocycles. The van der Waals surface area contributed by atoms with E-state index in [0.717, 1.165) is 34.1 Å². The fourth-order valence-corrected chi connectivity index (χ4v) is 10.0. The van der Waals surface area contributed by atoms with Gasteiger partial charge in [0.25, 0.3) is 0 Å². The highest BCUT2D eigenvalue weighted by atomic mass is 32.1. The molecule has 0 amide bonds. The van der Waals surface area contributed by atoms with Crippen LogP contribution in [-0.2, 0) is 0 Å². The Labute approximate surface area is 348 Å². The Bertz CT molecular complexity index is 2930. The maximum atomic E-state index is 2.44. The summed E-state index contributed by atoms with van der Waals surface area (Å²) in [6.45, 7) is 0. The highest BCUT2D eigenvalue weighted by Crippen LogP contribution is 2.48. The van der Waals surface area contributed by atoms with Crippen LogP contribution in [0.5, 0.6) is 0 Å². The summed E-state index contributed by atoms with van der Waals surface area (Å²) in [5.74, 6) is 0.